The lowest BCUT2D eigenvalue weighted by molar-refractivity contribution is -0.142. The number of esters is 1. The third-order valence-electron chi connectivity index (χ3n) is 4.81. The van der Waals surface area contributed by atoms with Crippen LogP contribution in [0.5, 0.6) is 5.75 Å². The highest BCUT2D eigenvalue weighted by Crippen LogP contribution is 2.22. The summed E-state index contributed by atoms with van der Waals surface area (Å²) in [6.07, 6.45) is 1.68. The number of aromatic nitrogens is 1. The molecule has 0 fully saturated rings. The van der Waals surface area contributed by atoms with Crippen LogP contribution in [0.15, 0.2) is 72.5 Å². The van der Waals surface area contributed by atoms with Crippen LogP contribution in [0.2, 0.25) is 0 Å². The van der Waals surface area contributed by atoms with Crippen LogP contribution in [-0.4, -0.2) is 30.4 Å². The quantitative estimate of drug-likeness (QED) is 0.248. The number of benzene rings is 2. The summed E-state index contributed by atoms with van der Waals surface area (Å²) in [6.45, 7) is 7.72. The predicted molar refractivity (Wildman–Crippen MR) is 123 cm³/mol. The summed E-state index contributed by atoms with van der Waals surface area (Å²) < 4.78 is 18.7. The number of ether oxygens (including phenoxy) is 3. The summed E-state index contributed by atoms with van der Waals surface area (Å²) in [6, 6.07) is 22.2. The van der Waals surface area contributed by atoms with E-state index in [0.29, 0.717) is 19.8 Å². The van der Waals surface area contributed by atoms with Crippen molar-refractivity contribution in [3.63, 3.8) is 0 Å². The van der Waals surface area contributed by atoms with E-state index < -0.39 is 5.97 Å². The molecule has 1 heterocycles. The van der Waals surface area contributed by atoms with Crippen LogP contribution < -0.4 is 4.74 Å². The SMILES string of the molecule is CCOC(=O)/C(=C\c1ccc(OCCn2c(C)ccc2-c2ccccc2)cc1)OCC. The Kier molecular flexibility index (Phi) is 7.93. The van der Waals surface area contributed by atoms with Crippen molar-refractivity contribution in [1.82, 2.24) is 4.57 Å². The maximum absolute atomic E-state index is 12.0. The summed E-state index contributed by atoms with van der Waals surface area (Å²) in [5.41, 5.74) is 4.42. The number of aryl methyl sites for hydroxylation is 1. The van der Waals surface area contributed by atoms with E-state index in [-0.39, 0.29) is 5.76 Å². The van der Waals surface area contributed by atoms with Gasteiger partial charge < -0.3 is 18.8 Å². The molecule has 0 aliphatic heterocycles. The van der Waals surface area contributed by atoms with Crippen molar-refractivity contribution in [1.29, 1.82) is 0 Å². The molecule has 3 rings (SSSR count). The molecular weight excluding hydrogens is 390 g/mol. The van der Waals surface area contributed by atoms with Crippen molar-refractivity contribution in [3.8, 4) is 17.0 Å². The Morgan fingerprint density at radius 2 is 1.61 bits per heavy atom. The van der Waals surface area contributed by atoms with E-state index >= 15 is 0 Å². The van der Waals surface area contributed by atoms with Gasteiger partial charge >= 0.3 is 5.97 Å². The van der Waals surface area contributed by atoms with Crippen molar-refractivity contribution >= 4 is 12.0 Å². The minimum atomic E-state index is -0.457. The van der Waals surface area contributed by atoms with Gasteiger partial charge in [0.1, 0.15) is 12.4 Å². The Labute approximate surface area is 183 Å². The molecule has 2 aromatic carbocycles. The van der Waals surface area contributed by atoms with E-state index in [2.05, 4.69) is 35.8 Å². The Hall–Kier alpha value is -3.47. The van der Waals surface area contributed by atoms with Gasteiger partial charge in [-0.25, -0.2) is 4.79 Å². The Balaban J connectivity index is 1.62. The van der Waals surface area contributed by atoms with Gasteiger partial charge in [-0.1, -0.05) is 42.5 Å². The van der Waals surface area contributed by atoms with Crippen molar-refractivity contribution in [2.45, 2.75) is 27.3 Å². The van der Waals surface area contributed by atoms with Gasteiger partial charge in [-0.3, -0.25) is 0 Å². The fourth-order valence-electron chi connectivity index (χ4n) is 3.31. The van der Waals surface area contributed by atoms with E-state index in [9.17, 15) is 4.79 Å². The number of rotatable bonds is 10. The van der Waals surface area contributed by atoms with Crippen molar-refractivity contribution in [2.75, 3.05) is 19.8 Å². The molecule has 0 saturated carbocycles. The molecule has 0 spiro atoms. The van der Waals surface area contributed by atoms with Gasteiger partial charge in [0.2, 0.25) is 5.76 Å². The van der Waals surface area contributed by atoms with Gasteiger partial charge in [0.25, 0.3) is 0 Å². The van der Waals surface area contributed by atoms with Crippen molar-refractivity contribution in [2.24, 2.45) is 0 Å². The van der Waals surface area contributed by atoms with Crippen LogP contribution in [0, 0.1) is 6.92 Å². The molecule has 0 bridgehead atoms. The first-order valence-corrected chi connectivity index (χ1v) is 10.6. The number of carbonyl (C=O) groups is 1. The van der Waals surface area contributed by atoms with Crippen LogP contribution in [0.3, 0.4) is 0 Å². The lowest BCUT2D eigenvalue weighted by Gasteiger charge is -2.13. The second kappa shape index (κ2) is 11.1. The highest BCUT2D eigenvalue weighted by atomic mass is 16.6. The first-order chi connectivity index (χ1) is 15.1. The largest absolute Gasteiger partial charge is 0.492 e. The van der Waals surface area contributed by atoms with Crippen LogP contribution in [0.4, 0.5) is 0 Å². The number of nitrogens with zero attached hydrogens (tertiary/aromatic N) is 1. The van der Waals surface area contributed by atoms with Crippen molar-refractivity contribution in [3.05, 3.63) is 83.7 Å². The van der Waals surface area contributed by atoms with Gasteiger partial charge in [-0.05, 0) is 62.2 Å². The third kappa shape index (κ3) is 6.01. The van der Waals surface area contributed by atoms with Crippen LogP contribution in [-0.2, 0) is 20.8 Å². The first kappa shape index (κ1) is 22.2. The molecule has 0 aliphatic rings. The fraction of sp³-hybridized carbons (Fsp3) is 0.269. The van der Waals surface area contributed by atoms with E-state index in [1.807, 2.05) is 49.4 Å². The average molecular weight is 420 g/mol. The van der Waals surface area contributed by atoms with Crippen LogP contribution in [0.1, 0.15) is 25.1 Å². The first-order valence-electron chi connectivity index (χ1n) is 10.6. The highest BCUT2D eigenvalue weighted by Gasteiger charge is 2.12. The zero-order chi connectivity index (χ0) is 22.1. The predicted octanol–water partition coefficient (Wildman–Crippen LogP) is 5.48. The molecule has 5 nitrogen and oxygen atoms in total. The summed E-state index contributed by atoms with van der Waals surface area (Å²) in [4.78, 5) is 12.0. The Morgan fingerprint density at radius 3 is 2.29 bits per heavy atom. The van der Waals surface area contributed by atoms with Crippen molar-refractivity contribution < 1.29 is 19.0 Å². The number of hydrogen-bond acceptors (Lipinski definition) is 4. The van der Waals surface area contributed by atoms with E-state index in [0.717, 1.165) is 17.9 Å². The molecule has 162 valence electrons. The molecule has 0 amide bonds. The summed E-state index contributed by atoms with van der Waals surface area (Å²) in [5.74, 6) is 0.521. The van der Waals surface area contributed by atoms with E-state index in [1.165, 1.54) is 17.0 Å². The number of carbonyl (C=O) groups excluding carboxylic acids is 1. The molecule has 0 atom stereocenters. The smallest absolute Gasteiger partial charge is 0.373 e. The molecule has 1 aromatic heterocycles. The van der Waals surface area contributed by atoms with E-state index in [4.69, 9.17) is 14.2 Å². The maximum Gasteiger partial charge on any atom is 0.373 e. The van der Waals surface area contributed by atoms with Crippen LogP contribution >= 0.6 is 0 Å². The normalized spacial score (nSPS) is 11.3. The lowest BCUT2D eigenvalue weighted by atomic mass is 10.1. The summed E-state index contributed by atoms with van der Waals surface area (Å²) >= 11 is 0. The highest BCUT2D eigenvalue weighted by molar-refractivity contribution is 5.91. The topological polar surface area (TPSA) is 49.7 Å². The third-order valence-corrected chi connectivity index (χ3v) is 4.81. The molecule has 31 heavy (non-hydrogen) atoms. The summed E-state index contributed by atoms with van der Waals surface area (Å²) in [5, 5.41) is 0. The minimum Gasteiger partial charge on any atom is -0.492 e. The molecule has 3 aromatic rings. The van der Waals surface area contributed by atoms with Gasteiger partial charge in [0.15, 0.2) is 0 Å². The Bertz CT molecular complexity index is 1000. The molecular formula is C26H29NO4. The molecule has 0 saturated heterocycles. The monoisotopic (exact) mass is 419 g/mol. The van der Waals surface area contributed by atoms with Gasteiger partial charge in [0.05, 0.1) is 19.8 Å². The lowest BCUT2D eigenvalue weighted by Crippen LogP contribution is -2.11. The second-order valence-corrected chi connectivity index (χ2v) is 6.96. The van der Waals surface area contributed by atoms with Gasteiger partial charge in [0, 0.05) is 11.4 Å². The summed E-state index contributed by atoms with van der Waals surface area (Å²) in [7, 11) is 0. The average Bonchev–Trinajstić information content (AvgIpc) is 3.16. The van der Waals surface area contributed by atoms with Gasteiger partial charge in [-0.2, -0.15) is 0 Å². The zero-order valence-corrected chi connectivity index (χ0v) is 18.3. The zero-order valence-electron chi connectivity index (χ0n) is 18.3. The molecule has 0 aliphatic carbocycles. The Morgan fingerprint density at radius 1 is 0.903 bits per heavy atom. The molecule has 0 radical (unpaired) electrons. The molecule has 0 unspecified atom stereocenters. The standard InChI is InChI=1S/C26H29NO4/c1-4-29-25(26(28)30-5-2)19-21-12-14-23(15-13-21)31-18-17-27-20(3)11-16-24(27)22-9-7-6-8-10-22/h6-16,19H,4-5,17-18H2,1-3H3/b25-19+. The number of hydrogen-bond donors (Lipinski definition) is 0. The maximum atomic E-state index is 12.0. The minimum absolute atomic E-state index is 0.203. The van der Waals surface area contributed by atoms with Gasteiger partial charge in [-0.15, -0.1) is 0 Å². The molecule has 5 heteroatoms. The molecule has 0 N–H and O–H groups in total. The second-order valence-electron chi connectivity index (χ2n) is 6.96. The fourth-order valence-corrected chi connectivity index (χ4v) is 3.31. The van der Waals surface area contributed by atoms with Crippen LogP contribution in [0.25, 0.3) is 17.3 Å². The van der Waals surface area contributed by atoms with E-state index in [1.54, 1.807) is 13.0 Å².